The summed E-state index contributed by atoms with van der Waals surface area (Å²) in [5.74, 6) is -1.88. The molecule has 1 atom stereocenters. The Morgan fingerprint density at radius 1 is 1.22 bits per heavy atom. The highest BCUT2D eigenvalue weighted by Crippen LogP contribution is 2.15. The van der Waals surface area contributed by atoms with E-state index in [1.165, 1.54) is 6.07 Å². The molecule has 23 heavy (non-hydrogen) atoms. The van der Waals surface area contributed by atoms with Gasteiger partial charge in [0.2, 0.25) is 0 Å². The summed E-state index contributed by atoms with van der Waals surface area (Å²) in [6.07, 6.45) is 0. The van der Waals surface area contributed by atoms with Crippen molar-refractivity contribution in [2.24, 2.45) is 0 Å². The first kappa shape index (κ1) is 16.4. The number of carbonyl (C=O) groups excluding carboxylic acids is 1. The van der Waals surface area contributed by atoms with Crippen molar-refractivity contribution in [1.82, 2.24) is 10.6 Å². The molecule has 0 radical (unpaired) electrons. The molecule has 0 aliphatic carbocycles. The highest BCUT2D eigenvalue weighted by molar-refractivity contribution is 5.74. The quantitative estimate of drug-likeness (QED) is 0.908. The highest BCUT2D eigenvalue weighted by atomic mass is 19.2. The van der Waals surface area contributed by atoms with Crippen molar-refractivity contribution in [1.29, 1.82) is 5.26 Å². The Morgan fingerprint density at radius 2 is 2.00 bits per heavy atom. The van der Waals surface area contributed by atoms with Crippen LogP contribution in [-0.4, -0.2) is 6.03 Å². The number of rotatable bonds is 4. The van der Waals surface area contributed by atoms with Gasteiger partial charge in [-0.25, -0.2) is 13.6 Å². The van der Waals surface area contributed by atoms with Gasteiger partial charge >= 0.3 is 6.03 Å². The Kier molecular flexibility index (Phi) is 5.26. The predicted octanol–water partition coefficient (Wildman–Crippen LogP) is 3.40. The van der Waals surface area contributed by atoms with E-state index in [9.17, 15) is 13.6 Å². The number of nitrogens with zero attached hydrogens (tertiary/aromatic N) is 1. The van der Waals surface area contributed by atoms with E-state index in [2.05, 4.69) is 10.6 Å². The number of amides is 2. The number of hydrogen-bond donors (Lipinski definition) is 2. The monoisotopic (exact) mass is 315 g/mol. The van der Waals surface area contributed by atoms with E-state index in [-0.39, 0.29) is 6.54 Å². The van der Waals surface area contributed by atoms with Crippen molar-refractivity contribution in [2.75, 3.05) is 0 Å². The number of nitriles is 1. The number of benzene rings is 2. The fourth-order valence-electron chi connectivity index (χ4n) is 2.05. The Hall–Kier alpha value is -2.94. The molecule has 0 aromatic heterocycles. The van der Waals surface area contributed by atoms with Crippen molar-refractivity contribution in [3.05, 3.63) is 70.8 Å². The molecule has 2 N–H and O–H groups in total. The van der Waals surface area contributed by atoms with Gasteiger partial charge in [0.1, 0.15) is 0 Å². The van der Waals surface area contributed by atoms with Crippen LogP contribution in [-0.2, 0) is 6.54 Å². The molecule has 0 aliphatic rings. The SMILES string of the molecule is CC(NC(=O)NCc1cccc(C#N)c1)c1ccc(F)c(F)c1. The van der Waals surface area contributed by atoms with Gasteiger partial charge in [-0.1, -0.05) is 18.2 Å². The molecule has 2 aromatic rings. The van der Waals surface area contributed by atoms with Crippen molar-refractivity contribution >= 4 is 6.03 Å². The van der Waals surface area contributed by atoms with Crippen LogP contribution in [0.1, 0.15) is 29.7 Å². The molecular formula is C17H15F2N3O. The lowest BCUT2D eigenvalue weighted by Crippen LogP contribution is -2.36. The Labute approximate surface area is 132 Å². The van der Waals surface area contributed by atoms with E-state index in [1.807, 2.05) is 6.07 Å². The first-order valence-electron chi connectivity index (χ1n) is 6.98. The van der Waals surface area contributed by atoms with Crippen LogP contribution in [0, 0.1) is 23.0 Å². The van der Waals surface area contributed by atoms with Gasteiger partial charge in [-0.2, -0.15) is 5.26 Å². The second-order valence-electron chi connectivity index (χ2n) is 5.03. The second kappa shape index (κ2) is 7.36. The van der Waals surface area contributed by atoms with E-state index < -0.39 is 23.7 Å². The van der Waals surface area contributed by atoms with Gasteiger partial charge < -0.3 is 10.6 Å². The lowest BCUT2D eigenvalue weighted by atomic mass is 10.1. The number of urea groups is 1. The second-order valence-corrected chi connectivity index (χ2v) is 5.03. The van der Waals surface area contributed by atoms with Crippen LogP contribution in [0.4, 0.5) is 13.6 Å². The zero-order valence-corrected chi connectivity index (χ0v) is 12.4. The van der Waals surface area contributed by atoms with Gasteiger partial charge in [-0.15, -0.1) is 0 Å². The van der Waals surface area contributed by atoms with Crippen LogP contribution < -0.4 is 10.6 Å². The number of halogens is 2. The maximum Gasteiger partial charge on any atom is 0.315 e. The third-order valence-electron chi connectivity index (χ3n) is 3.30. The van der Waals surface area contributed by atoms with E-state index in [1.54, 1.807) is 31.2 Å². The molecule has 2 amide bonds. The summed E-state index contributed by atoms with van der Waals surface area (Å²) in [7, 11) is 0. The molecular weight excluding hydrogens is 300 g/mol. The summed E-state index contributed by atoms with van der Waals surface area (Å²) in [5, 5.41) is 14.1. The molecule has 0 bridgehead atoms. The molecule has 0 saturated heterocycles. The van der Waals surface area contributed by atoms with Gasteiger partial charge in [0.05, 0.1) is 17.7 Å². The average Bonchev–Trinajstić information content (AvgIpc) is 2.55. The van der Waals surface area contributed by atoms with E-state index in [4.69, 9.17) is 5.26 Å². The minimum Gasteiger partial charge on any atom is -0.334 e. The Bertz CT molecular complexity index is 756. The van der Waals surface area contributed by atoms with E-state index >= 15 is 0 Å². The number of carbonyl (C=O) groups is 1. The van der Waals surface area contributed by atoms with E-state index in [0.29, 0.717) is 11.1 Å². The Morgan fingerprint density at radius 3 is 2.70 bits per heavy atom. The molecule has 0 saturated carbocycles. The van der Waals surface area contributed by atoms with Crippen molar-refractivity contribution < 1.29 is 13.6 Å². The normalized spacial score (nSPS) is 11.4. The molecule has 2 rings (SSSR count). The third-order valence-corrected chi connectivity index (χ3v) is 3.30. The molecule has 6 heteroatoms. The van der Waals surface area contributed by atoms with Crippen molar-refractivity contribution in [3.63, 3.8) is 0 Å². The fraction of sp³-hybridized carbons (Fsp3) is 0.176. The van der Waals surface area contributed by atoms with Crippen LogP contribution in [0.2, 0.25) is 0 Å². The molecule has 0 aliphatic heterocycles. The van der Waals surface area contributed by atoms with Gasteiger partial charge in [0, 0.05) is 6.54 Å². The van der Waals surface area contributed by atoms with Gasteiger partial charge in [0.15, 0.2) is 11.6 Å². The molecule has 0 heterocycles. The van der Waals surface area contributed by atoms with Crippen LogP contribution in [0.3, 0.4) is 0 Å². The zero-order chi connectivity index (χ0) is 16.8. The fourth-order valence-corrected chi connectivity index (χ4v) is 2.05. The lowest BCUT2D eigenvalue weighted by molar-refractivity contribution is 0.237. The minimum absolute atomic E-state index is 0.256. The van der Waals surface area contributed by atoms with Crippen LogP contribution in [0.15, 0.2) is 42.5 Å². The summed E-state index contributed by atoms with van der Waals surface area (Å²) in [4.78, 5) is 11.9. The van der Waals surface area contributed by atoms with E-state index in [0.717, 1.165) is 17.7 Å². The highest BCUT2D eigenvalue weighted by Gasteiger charge is 2.11. The number of hydrogen-bond acceptors (Lipinski definition) is 2. The maximum absolute atomic E-state index is 13.2. The summed E-state index contributed by atoms with van der Waals surface area (Å²) in [6.45, 7) is 1.93. The third kappa shape index (κ3) is 4.51. The molecule has 2 aromatic carbocycles. The first-order valence-corrected chi connectivity index (χ1v) is 6.98. The largest absolute Gasteiger partial charge is 0.334 e. The smallest absolute Gasteiger partial charge is 0.315 e. The predicted molar refractivity (Wildman–Crippen MR) is 81.3 cm³/mol. The standard InChI is InChI=1S/C17H15F2N3O/c1-11(14-5-6-15(18)16(19)8-14)22-17(23)21-10-13-4-2-3-12(7-13)9-20/h2-8,11H,10H2,1H3,(H2,21,22,23). The average molecular weight is 315 g/mol. The Balaban J connectivity index is 1.91. The van der Waals surface area contributed by atoms with Crippen molar-refractivity contribution in [2.45, 2.75) is 19.5 Å². The molecule has 118 valence electrons. The summed E-state index contributed by atoms with van der Waals surface area (Å²) < 4.78 is 26.1. The number of nitrogens with one attached hydrogen (secondary N) is 2. The minimum atomic E-state index is -0.954. The van der Waals surface area contributed by atoms with Crippen LogP contribution in [0.5, 0.6) is 0 Å². The van der Waals surface area contributed by atoms with Gasteiger partial charge in [0.25, 0.3) is 0 Å². The molecule has 0 spiro atoms. The molecule has 4 nitrogen and oxygen atoms in total. The maximum atomic E-state index is 13.2. The molecule has 1 unspecified atom stereocenters. The topological polar surface area (TPSA) is 64.9 Å². The van der Waals surface area contributed by atoms with Crippen LogP contribution >= 0.6 is 0 Å². The lowest BCUT2D eigenvalue weighted by Gasteiger charge is -2.15. The summed E-state index contributed by atoms with van der Waals surface area (Å²) in [6, 6.07) is 11.5. The summed E-state index contributed by atoms with van der Waals surface area (Å²) in [5.41, 5.74) is 1.77. The first-order chi connectivity index (χ1) is 11.0. The van der Waals surface area contributed by atoms with Crippen molar-refractivity contribution in [3.8, 4) is 6.07 Å². The zero-order valence-electron chi connectivity index (χ0n) is 12.4. The summed E-state index contributed by atoms with van der Waals surface area (Å²) >= 11 is 0. The molecule has 0 fully saturated rings. The van der Waals surface area contributed by atoms with Gasteiger partial charge in [-0.3, -0.25) is 0 Å². The van der Waals surface area contributed by atoms with Gasteiger partial charge in [-0.05, 0) is 42.3 Å². The van der Waals surface area contributed by atoms with Crippen LogP contribution in [0.25, 0.3) is 0 Å².